The molecule has 3 atom stereocenters. The third-order valence-electron chi connectivity index (χ3n) is 2.48. The first-order chi connectivity index (χ1) is 7.02. The van der Waals surface area contributed by atoms with E-state index < -0.39 is 18.1 Å². The van der Waals surface area contributed by atoms with Crippen LogP contribution in [0.1, 0.15) is 26.7 Å². The Hall–Kier alpha value is -0.650. The maximum atomic E-state index is 10.9. The number of hydrogen-bond donors (Lipinski definition) is 4. The minimum absolute atomic E-state index is 0.0578. The topological polar surface area (TPSA) is 89.8 Å². The van der Waals surface area contributed by atoms with Gasteiger partial charge in [0.1, 0.15) is 0 Å². The molecule has 0 bridgehead atoms. The van der Waals surface area contributed by atoms with Crippen molar-refractivity contribution < 1.29 is 20.1 Å². The Labute approximate surface area is 90.1 Å². The van der Waals surface area contributed by atoms with Crippen LogP contribution in [0.4, 0.5) is 0 Å². The second kappa shape index (κ2) is 7.62. The summed E-state index contributed by atoms with van der Waals surface area (Å²) in [5.41, 5.74) is 0. The van der Waals surface area contributed by atoms with Crippen molar-refractivity contribution in [3.63, 3.8) is 0 Å². The zero-order valence-electron chi connectivity index (χ0n) is 9.31. The van der Waals surface area contributed by atoms with Gasteiger partial charge in [-0.15, -0.1) is 0 Å². The Morgan fingerprint density at radius 3 is 2.40 bits per heavy atom. The summed E-state index contributed by atoms with van der Waals surface area (Å²) in [6.07, 6.45) is -0.833. The largest absolute Gasteiger partial charge is 0.394 e. The summed E-state index contributed by atoms with van der Waals surface area (Å²) < 4.78 is 0. The molecule has 1 amide bonds. The monoisotopic (exact) mass is 219 g/mol. The van der Waals surface area contributed by atoms with Crippen LogP contribution in [0.5, 0.6) is 0 Å². The van der Waals surface area contributed by atoms with E-state index in [2.05, 4.69) is 5.32 Å². The van der Waals surface area contributed by atoms with Crippen molar-refractivity contribution in [3.05, 3.63) is 0 Å². The molecule has 0 saturated heterocycles. The summed E-state index contributed by atoms with van der Waals surface area (Å²) in [6.45, 7) is 3.44. The first kappa shape index (κ1) is 14.3. The molecular weight excluding hydrogens is 198 g/mol. The summed E-state index contributed by atoms with van der Waals surface area (Å²) >= 11 is 0. The van der Waals surface area contributed by atoms with Gasteiger partial charge >= 0.3 is 0 Å². The zero-order valence-corrected chi connectivity index (χ0v) is 9.31. The van der Waals surface area contributed by atoms with Crippen LogP contribution in [-0.2, 0) is 4.79 Å². The fraction of sp³-hybridized carbons (Fsp3) is 0.900. The van der Waals surface area contributed by atoms with Crippen LogP contribution in [0, 0.1) is 5.92 Å². The molecule has 0 spiro atoms. The van der Waals surface area contributed by atoms with E-state index in [9.17, 15) is 15.0 Å². The van der Waals surface area contributed by atoms with Gasteiger partial charge in [-0.1, -0.05) is 13.8 Å². The van der Waals surface area contributed by atoms with Crippen molar-refractivity contribution in [3.8, 4) is 0 Å². The highest BCUT2D eigenvalue weighted by atomic mass is 16.3. The summed E-state index contributed by atoms with van der Waals surface area (Å²) in [7, 11) is 0. The van der Waals surface area contributed by atoms with Crippen LogP contribution in [0.3, 0.4) is 0 Å². The number of aliphatic hydroxyl groups excluding tert-OH is 3. The minimum Gasteiger partial charge on any atom is -0.394 e. The molecule has 0 heterocycles. The Balaban J connectivity index is 3.73. The van der Waals surface area contributed by atoms with E-state index >= 15 is 0 Å². The van der Waals surface area contributed by atoms with E-state index in [1.165, 1.54) is 0 Å². The molecule has 0 aliphatic carbocycles. The molecule has 3 unspecified atom stereocenters. The minimum atomic E-state index is -0.915. The van der Waals surface area contributed by atoms with Crippen molar-refractivity contribution in [2.75, 3.05) is 13.2 Å². The molecule has 0 rings (SSSR count). The fourth-order valence-corrected chi connectivity index (χ4v) is 1.17. The van der Waals surface area contributed by atoms with Gasteiger partial charge in [0.15, 0.2) is 0 Å². The lowest BCUT2D eigenvalue weighted by atomic mass is 9.96. The molecule has 0 aromatic carbocycles. The predicted octanol–water partition coefficient (Wildman–Crippen LogP) is -0.747. The Morgan fingerprint density at radius 2 is 1.93 bits per heavy atom. The molecule has 0 aromatic rings. The van der Waals surface area contributed by atoms with Crippen molar-refractivity contribution in [2.24, 2.45) is 5.92 Å². The van der Waals surface area contributed by atoms with Crippen molar-refractivity contribution in [1.82, 2.24) is 5.32 Å². The van der Waals surface area contributed by atoms with Gasteiger partial charge in [-0.2, -0.15) is 0 Å². The maximum Gasteiger partial charge on any atom is 0.219 e. The van der Waals surface area contributed by atoms with Crippen LogP contribution < -0.4 is 5.32 Å². The van der Waals surface area contributed by atoms with E-state index in [0.717, 1.165) is 0 Å². The molecule has 0 aliphatic heterocycles. The molecule has 0 aliphatic rings. The Morgan fingerprint density at radius 1 is 1.33 bits per heavy atom. The van der Waals surface area contributed by atoms with E-state index in [1.807, 2.05) is 0 Å². The molecule has 5 heteroatoms. The summed E-state index contributed by atoms with van der Waals surface area (Å²) in [4.78, 5) is 10.9. The SMILES string of the molecule is CCC(=O)NCCC(O)C(C)C(O)CO. The molecule has 0 aromatic heterocycles. The number of carbonyl (C=O) groups excluding carboxylic acids is 1. The van der Waals surface area contributed by atoms with Gasteiger partial charge in [0.2, 0.25) is 5.91 Å². The van der Waals surface area contributed by atoms with Crippen LogP contribution in [0.15, 0.2) is 0 Å². The van der Waals surface area contributed by atoms with E-state index in [-0.39, 0.29) is 12.5 Å². The third-order valence-corrected chi connectivity index (χ3v) is 2.48. The molecule has 90 valence electrons. The van der Waals surface area contributed by atoms with Gasteiger partial charge in [-0.3, -0.25) is 4.79 Å². The lowest BCUT2D eigenvalue weighted by molar-refractivity contribution is -0.120. The van der Waals surface area contributed by atoms with E-state index in [1.54, 1.807) is 13.8 Å². The first-order valence-electron chi connectivity index (χ1n) is 5.26. The van der Waals surface area contributed by atoms with Gasteiger partial charge in [-0.25, -0.2) is 0 Å². The number of nitrogens with one attached hydrogen (secondary N) is 1. The fourth-order valence-electron chi connectivity index (χ4n) is 1.17. The van der Waals surface area contributed by atoms with Crippen LogP contribution in [0.25, 0.3) is 0 Å². The number of carbonyl (C=O) groups is 1. The van der Waals surface area contributed by atoms with Crippen molar-refractivity contribution >= 4 is 5.91 Å². The molecule has 5 nitrogen and oxygen atoms in total. The average Bonchev–Trinajstić information content (AvgIpc) is 2.26. The van der Waals surface area contributed by atoms with Crippen LogP contribution in [0.2, 0.25) is 0 Å². The van der Waals surface area contributed by atoms with Gasteiger partial charge in [-0.05, 0) is 6.42 Å². The van der Waals surface area contributed by atoms with Gasteiger partial charge < -0.3 is 20.6 Å². The Bertz CT molecular complexity index is 186. The molecular formula is C10H21NO4. The van der Waals surface area contributed by atoms with Crippen LogP contribution >= 0.6 is 0 Å². The highest BCUT2D eigenvalue weighted by Crippen LogP contribution is 2.11. The van der Waals surface area contributed by atoms with Crippen molar-refractivity contribution in [1.29, 1.82) is 0 Å². The Kier molecular flexibility index (Phi) is 7.29. The highest BCUT2D eigenvalue weighted by molar-refractivity contribution is 5.75. The maximum absolute atomic E-state index is 10.9. The molecule has 4 N–H and O–H groups in total. The quantitative estimate of drug-likeness (QED) is 0.453. The average molecular weight is 219 g/mol. The predicted molar refractivity (Wildman–Crippen MR) is 56.2 cm³/mol. The second-order valence-corrected chi connectivity index (χ2v) is 3.67. The normalized spacial score (nSPS) is 16.9. The number of amides is 1. The summed E-state index contributed by atoms with van der Waals surface area (Å²) in [5, 5.41) is 30.1. The first-order valence-corrected chi connectivity index (χ1v) is 5.26. The van der Waals surface area contributed by atoms with Crippen molar-refractivity contribution in [2.45, 2.75) is 38.9 Å². The number of hydrogen-bond acceptors (Lipinski definition) is 4. The molecule has 0 radical (unpaired) electrons. The lowest BCUT2D eigenvalue weighted by Crippen LogP contribution is -2.35. The standard InChI is InChI=1S/C10H21NO4/c1-3-10(15)11-5-4-8(13)7(2)9(14)6-12/h7-9,12-14H,3-6H2,1-2H3,(H,11,15). The number of aliphatic hydroxyl groups is 3. The molecule has 0 saturated carbocycles. The lowest BCUT2D eigenvalue weighted by Gasteiger charge is -2.22. The van der Waals surface area contributed by atoms with E-state index in [4.69, 9.17) is 5.11 Å². The number of rotatable bonds is 7. The third kappa shape index (κ3) is 5.71. The van der Waals surface area contributed by atoms with Crippen LogP contribution in [-0.4, -0.2) is 46.6 Å². The highest BCUT2D eigenvalue weighted by Gasteiger charge is 2.21. The zero-order chi connectivity index (χ0) is 11.8. The van der Waals surface area contributed by atoms with Gasteiger partial charge in [0.05, 0.1) is 18.8 Å². The van der Waals surface area contributed by atoms with Gasteiger partial charge in [0.25, 0.3) is 0 Å². The summed E-state index contributed by atoms with van der Waals surface area (Å²) in [5.74, 6) is -0.453. The second-order valence-electron chi connectivity index (χ2n) is 3.67. The molecule has 15 heavy (non-hydrogen) atoms. The van der Waals surface area contributed by atoms with Gasteiger partial charge in [0, 0.05) is 18.9 Å². The summed E-state index contributed by atoms with van der Waals surface area (Å²) in [6, 6.07) is 0. The molecule has 0 fully saturated rings. The van der Waals surface area contributed by atoms with E-state index in [0.29, 0.717) is 19.4 Å². The smallest absolute Gasteiger partial charge is 0.219 e.